The summed E-state index contributed by atoms with van der Waals surface area (Å²) in [5, 5.41) is 7.56. The highest BCUT2D eigenvalue weighted by atomic mass is 32.1. The number of rotatable bonds is 5. The fourth-order valence-corrected chi connectivity index (χ4v) is 2.84. The van der Waals surface area contributed by atoms with Crippen molar-refractivity contribution in [3.8, 4) is 0 Å². The third-order valence-corrected chi connectivity index (χ3v) is 3.79. The number of nitrogens with zero attached hydrogens (tertiary/aromatic N) is 2. The second-order valence-corrected chi connectivity index (χ2v) is 5.86. The molecule has 2 rings (SSSR count). The van der Waals surface area contributed by atoms with Crippen molar-refractivity contribution in [1.82, 2.24) is 15.2 Å². The third kappa shape index (κ3) is 5.07. The number of anilines is 1. The van der Waals surface area contributed by atoms with Crippen LogP contribution >= 0.6 is 11.3 Å². The molecule has 0 spiro atoms. The Morgan fingerprint density at radius 2 is 2.19 bits per heavy atom. The van der Waals surface area contributed by atoms with E-state index in [1.54, 1.807) is 5.38 Å². The van der Waals surface area contributed by atoms with E-state index in [9.17, 15) is 9.59 Å². The molecular formula is C13H20N4O3S. The molecule has 0 bridgehead atoms. The lowest BCUT2D eigenvalue weighted by Crippen LogP contribution is -2.46. The van der Waals surface area contributed by atoms with Gasteiger partial charge < -0.3 is 15.4 Å². The quantitative estimate of drug-likeness (QED) is 0.830. The van der Waals surface area contributed by atoms with Gasteiger partial charge in [-0.1, -0.05) is 0 Å². The molecule has 21 heavy (non-hydrogen) atoms. The van der Waals surface area contributed by atoms with Crippen molar-refractivity contribution in [2.45, 2.75) is 19.9 Å². The molecule has 2 amide bonds. The highest BCUT2D eigenvalue weighted by molar-refractivity contribution is 7.14. The van der Waals surface area contributed by atoms with Crippen LogP contribution in [0.1, 0.15) is 24.3 Å². The van der Waals surface area contributed by atoms with Gasteiger partial charge >= 0.3 is 0 Å². The maximum absolute atomic E-state index is 12.1. The molecule has 1 aliphatic rings. The summed E-state index contributed by atoms with van der Waals surface area (Å²) in [6.45, 7) is 7.44. The van der Waals surface area contributed by atoms with Gasteiger partial charge in [0.2, 0.25) is 5.91 Å². The van der Waals surface area contributed by atoms with Gasteiger partial charge in [-0.05, 0) is 6.92 Å². The zero-order valence-corrected chi connectivity index (χ0v) is 13.0. The number of morpholine rings is 1. The van der Waals surface area contributed by atoms with Gasteiger partial charge in [0.1, 0.15) is 5.69 Å². The van der Waals surface area contributed by atoms with E-state index in [1.807, 2.05) is 6.92 Å². The number of ether oxygens (including phenoxy) is 1. The van der Waals surface area contributed by atoms with E-state index >= 15 is 0 Å². The highest BCUT2D eigenvalue weighted by Gasteiger charge is 2.17. The molecule has 1 unspecified atom stereocenters. The minimum atomic E-state index is -0.219. The molecule has 1 aromatic heterocycles. The SMILES string of the molecule is CC(=O)Nc1nc(C(=O)NC(C)CN2CCOCC2)cs1. The zero-order chi connectivity index (χ0) is 15.2. The molecule has 1 aliphatic heterocycles. The molecule has 1 atom stereocenters. The fraction of sp³-hybridized carbons (Fsp3) is 0.615. The van der Waals surface area contributed by atoms with Gasteiger partial charge in [-0.15, -0.1) is 11.3 Å². The van der Waals surface area contributed by atoms with E-state index in [4.69, 9.17) is 4.74 Å². The number of hydrogen-bond donors (Lipinski definition) is 2. The van der Waals surface area contributed by atoms with Crippen LogP contribution in [-0.2, 0) is 9.53 Å². The first-order valence-electron chi connectivity index (χ1n) is 6.88. The number of hydrogen-bond acceptors (Lipinski definition) is 6. The summed E-state index contributed by atoms with van der Waals surface area (Å²) >= 11 is 1.24. The number of aromatic nitrogens is 1. The average molecular weight is 312 g/mol. The molecule has 0 aliphatic carbocycles. The Kier molecular flexibility index (Phi) is 5.66. The Labute approximate surface area is 127 Å². The maximum Gasteiger partial charge on any atom is 0.271 e. The van der Waals surface area contributed by atoms with Gasteiger partial charge in [0.25, 0.3) is 5.91 Å². The average Bonchev–Trinajstić information content (AvgIpc) is 2.87. The molecule has 0 radical (unpaired) electrons. The highest BCUT2D eigenvalue weighted by Crippen LogP contribution is 2.15. The van der Waals surface area contributed by atoms with Crippen LogP contribution in [0.3, 0.4) is 0 Å². The molecule has 8 heteroatoms. The topological polar surface area (TPSA) is 83.6 Å². The lowest BCUT2D eigenvalue weighted by Gasteiger charge is -2.29. The van der Waals surface area contributed by atoms with Gasteiger partial charge in [0.15, 0.2) is 5.13 Å². The molecule has 1 saturated heterocycles. The Hall–Kier alpha value is -1.51. The monoisotopic (exact) mass is 312 g/mol. The van der Waals surface area contributed by atoms with E-state index in [-0.39, 0.29) is 17.9 Å². The molecule has 1 aromatic rings. The summed E-state index contributed by atoms with van der Waals surface area (Å²) in [5.74, 6) is -0.416. The van der Waals surface area contributed by atoms with Crippen molar-refractivity contribution in [3.63, 3.8) is 0 Å². The predicted molar refractivity (Wildman–Crippen MR) is 80.6 cm³/mol. The molecule has 0 aromatic carbocycles. The number of nitrogens with one attached hydrogen (secondary N) is 2. The molecule has 2 N–H and O–H groups in total. The molecular weight excluding hydrogens is 292 g/mol. The van der Waals surface area contributed by atoms with Crippen LogP contribution in [-0.4, -0.2) is 60.6 Å². The Balaban J connectivity index is 1.82. The van der Waals surface area contributed by atoms with Gasteiger partial charge in [0, 0.05) is 38.0 Å². The number of carbonyl (C=O) groups excluding carboxylic acids is 2. The number of thiazole rings is 1. The van der Waals surface area contributed by atoms with Gasteiger partial charge in [-0.25, -0.2) is 4.98 Å². The van der Waals surface area contributed by atoms with Crippen LogP contribution in [0, 0.1) is 0 Å². The second kappa shape index (κ2) is 7.48. The van der Waals surface area contributed by atoms with E-state index in [1.165, 1.54) is 18.3 Å². The normalized spacial score (nSPS) is 17.2. The predicted octanol–water partition coefficient (Wildman–Crippen LogP) is 0.552. The van der Waals surface area contributed by atoms with E-state index < -0.39 is 0 Å². The zero-order valence-electron chi connectivity index (χ0n) is 12.2. The van der Waals surface area contributed by atoms with Crippen molar-refractivity contribution >= 4 is 28.3 Å². The Morgan fingerprint density at radius 1 is 1.48 bits per heavy atom. The Bertz CT molecular complexity index is 499. The van der Waals surface area contributed by atoms with Crippen molar-refractivity contribution in [1.29, 1.82) is 0 Å². The first-order chi connectivity index (χ1) is 10.0. The summed E-state index contributed by atoms with van der Waals surface area (Å²) in [7, 11) is 0. The first kappa shape index (κ1) is 15.9. The van der Waals surface area contributed by atoms with Crippen LogP contribution < -0.4 is 10.6 Å². The van der Waals surface area contributed by atoms with Gasteiger partial charge in [-0.3, -0.25) is 14.5 Å². The molecule has 2 heterocycles. The lowest BCUT2D eigenvalue weighted by molar-refractivity contribution is -0.114. The third-order valence-electron chi connectivity index (χ3n) is 3.03. The van der Waals surface area contributed by atoms with Crippen LogP contribution in [0.2, 0.25) is 0 Å². The summed E-state index contributed by atoms with van der Waals surface area (Å²) in [5.41, 5.74) is 0.331. The summed E-state index contributed by atoms with van der Waals surface area (Å²) in [6.07, 6.45) is 0. The largest absolute Gasteiger partial charge is 0.379 e. The standard InChI is InChI=1S/C13H20N4O3S/c1-9(7-17-3-5-20-6-4-17)14-12(19)11-8-21-13(16-11)15-10(2)18/h8-9H,3-7H2,1-2H3,(H,14,19)(H,15,16,18). The van der Waals surface area contributed by atoms with E-state index in [0.717, 1.165) is 32.8 Å². The van der Waals surface area contributed by atoms with Crippen molar-refractivity contribution in [2.75, 3.05) is 38.2 Å². The van der Waals surface area contributed by atoms with Crippen LogP contribution in [0.5, 0.6) is 0 Å². The Morgan fingerprint density at radius 3 is 2.86 bits per heavy atom. The number of amides is 2. The molecule has 1 fully saturated rings. The van der Waals surface area contributed by atoms with Crippen molar-refractivity contribution < 1.29 is 14.3 Å². The minimum Gasteiger partial charge on any atom is -0.379 e. The lowest BCUT2D eigenvalue weighted by atomic mass is 10.2. The number of carbonyl (C=O) groups is 2. The molecule has 0 saturated carbocycles. The van der Waals surface area contributed by atoms with Crippen molar-refractivity contribution in [2.24, 2.45) is 0 Å². The van der Waals surface area contributed by atoms with Crippen LogP contribution in [0.4, 0.5) is 5.13 Å². The summed E-state index contributed by atoms with van der Waals surface area (Å²) in [4.78, 5) is 29.4. The molecule has 116 valence electrons. The van der Waals surface area contributed by atoms with E-state index in [0.29, 0.717) is 10.8 Å². The fourth-order valence-electron chi connectivity index (χ4n) is 2.10. The smallest absolute Gasteiger partial charge is 0.271 e. The minimum absolute atomic E-state index is 0.0292. The summed E-state index contributed by atoms with van der Waals surface area (Å²) in [6, 6.07) is 0.0292. The second-order valence-electron chi connectivity index (χ2n) is 5.01. The first-order valence-corrected chi connectivity index (χ1v) is 7.76. The van der Waals surface area contributed by atoms with Gasteiger partial charge in [-0.2, -0.15) is 0 Å². The van der Waals surface area contributed by atoms with E-state index in [2.05, 4.69) is 20.5 Å². The van der Waals surface area contributed by atoms with Crippen molar-refractivity contribution in [3.05, 3.63) is 11.1 Å². The van der Waals surface area contributed by atoms with Gasteiger partial charge in [0.05, 0.1) is 13.2 Å². The summed E-state index contributed by atoms with van der Waals surface area (Å²) < 4.78 is 5.29. The maximum atomic E-state index is 12.1. The van der Waals surface area contributed by atoms with Crippen LogP contribution in [0.25, 0.3) is 0 Å². The molecule has 7 nitrogen and oxygen atoms in total. The van der Waals surface area contributed by atoms with Crippen LogP contribution in [0.15, 0.2) is 5.38 Å².